The van der Waals surface area contributed by atoms with Crippen molar-refractivity contribution in [3.63, 3.8) is 0 Å². The van der Waals surface area contributed by atoms with Crippen LogP contribution in [0.4, 0.5) is 5.69 Å². The maximum atomic E-state index is 4.57. The fourth-order valence-corrected chi connectivity index (χ4v) is 1.86. The smallest absolute Gasteiger partial charge is 0.159 e. The van der Waals surface area contributed by atoms with E-state index in [-0.39, 0.29) is 0 Å². The second-order valence-electron chi connectivity index (χ2n) is 4.27. The van der Waals surface area contributed by atoms with Gasteiger partial charge >= 0.3 is 0 Å². The lowest BCUT2D eigenvalue weighted by atomic mass is 10.1. The molecule has 0 spiro atoms. The molecule has 2 rings (SSSR count). The highest BCUT2D eigenvalue weighted by Crippen LogP contribution is 2.19. The van der Waals surface area contributed by atoms with Crippen molar-refractivity contribution in [1.82, 2.24) is 9.97 Å². The van der Waals surface area contributed by atoms with Gasteiger partial charge in [-0.3, -0.25) is 0 Å². The Bertz CT molecular complexity index is 569. The van der Waals surface area contributed by atoms with Crippen LogP contribution in [-0.4, -0.2) is 15.1 Å². The van der Waals surface area contributed by atoms with Crippen LogP contribution < -0.4 is 0 Å². The summed E-state index contributed by atoms with van der Waals surface area (Å²) in [5, 5.41) is 2.35. The van der Waals surface area contributed by atoms with Crippen LogP contribution in [0, 0.1) is 0 Å². The maximum absolute atomic E-state index is 4.57. The third-order valence-electron chi connectivity index (χ3n) is 2.82. The van der Waals surface area contributed by atoms with Gasteiger partial charge in [0.25, 0.3) is 0 Å². The number of aliphatic imine (C=N–C) groups is 1. The van der Waals surface area contributed by atoms with Crippen LogP contribution in [0.1, 0.15) is 25.3 Å². The van der Waals surface area contributed by atoms with E-state index in [1.807, 2.05) is 36.7 Å². The summed E-state index contributed by atoms with van der Waals surface area (Å²) in [6, 6.07) is 7.63. The van der Waals surface area contributed by atoms with Gasteiger partial charge in [-0.2, -0.15) is 4.99 Å². The molecule has 1 aromatic heterocycles. The molecule has 0 radical (unpaired) electrons. The van der Waals surface area contributed by atoms with E-state index in [4.69, 9.17) is 0 Å². The second kappa shape index (κ2) is 6.88. The molecule has 0 amide bonds. The van der Waals surface area contributed by atoms with E-state index in [9.17, 15) is 0 Å². The summed E-state index contributed by atoms with van der Waals surface area (Å²) in [7, 11) is 0. The first-order chi connectivity index (χ1) is 9.33. The van der Waals surface area contributed by atoms with E-state index in [2.05, 4.69) is 39.3 Å². The Labute approximate surface area is 118 Å². The predicted octanol–water partition coefficient (Wildman–Crippen LogP) is 4.22. The number of isothiocyanates is 1. The Morgan fingerprint density at radius 1 is 1.16 bits per heavy atom. The molecule has 0 bridgehead atoms. The number of rotatable bonds is 5. The highest BCUT2D eigenvalue weighted by molar-refractivity contribution is 7.78. The summed E-state index contributed by atoms with van der Waals surface area (Å²) in [6.45, 7) is 2.18. The van der Waals surface area contributed by atoms with Gasteiger partial charge in [-0.1, -0.05) is 13.3 Å². The normalized spacial score (nSPS) is 9.95. The van der Waals surface area contributed by atoms with Gasteiger partial charge in [-0.05, 0) is 54.9 Å². The molecule has 4 heteroatoms. The molecule has 0 saturated heterocycles. The van der Waals surface area contributed by atoms with Crippen LogP contribution in [-0.2, 0) is 6.42 Å². The summed E-state index contributed by atoms with van der Waals surface area (Å²) < 4.78 is 0. The monoisotopic (exact) mass is 269 g/mol. The van der Waals surface area contributed by atoms with Gasteiger partial charge in [-0.15, -0.1) is 0 Å². The van der Waals surface area contributed by atoms with Crippen molar-refractivity contribution in [1.29, 1.82) is 0 Å². The van der Waals surface area contributed by atoms with Gasteiger partial charge in [0, 0.05) is 18.0 Å². The van der Waals surface area contributed by atoms with Crippen LogP contribution in [0.3, 0.4) is 0 Å². The van der Waals surface area contributed by atoms with E-state index in [1.54, 1.807) is 0 Å². The average molecular weight is 269 g/mol. The molecule has 2 aromatic rings. The Balaban J connectivity index is 2.15. The van der Waals surface area contributed by atoms with E-state index in [0.29, 0.717) is 0 Å². The molecular weight excluding hydrogens is 254 g/mol. The highest BCUT2D eigenvalue weighted by Gasteiger charge is 2.01. The number of nitrogens with zero attached hydrogens (tertiary/aromatic N) is 3. The standard InChI is InChI=1S/C15H15N3S/c1-2-3-4-12-9-16-15(17-10-12)13-5-7-14(8-6-13)18-11-19/h5-10H,2-4H2,1H3. The van der Waals surface area contributed by atoms with E-state index in [0.717, 1.165) is 23.5 Å². The summed E-state index contributed by atoms with van der Waals surface area (Å²) in [5.41, 5.74) is 2.95. The van der Waals surface area contributed by atoms with Crippen molar-refractivity contribution < 1.29 is 0 Å². The van der Waals surface area contributed by atoms with Crippen molar-refractivity contribution in [2.24, 2.45) is 4.99 Å². The summed E-state index contributed by atoms with van der Waals surface area (Å²) in [6.07, 6.45) is 7.21. The predicted molar refractivity (Wildman–Crippen MR) is 80.8 cm³/mol. The average Bonchev–Trinajstić information content (AvgIpc) is 2.47. The third kappa shape index (κ3) is 3.78. The molecule has 96 valence electrons. The lowest BCUT2D eigenvalue weighted by Crippen LogP contribution is -1.92. The molecule has 1 aromatic carbocycles. The molecule has 0 fully saturated rings. The molecule has 1 heterocycles. The molecule has 0 aliphatic rings. The van der Waals surface area contributed by atoms with Crippen LogP contribution in [0.2, 0.25) is 0 Å². The first-order valence-corrected chi connectivity index (χ1v) is 6.73. The molecule has 0 aliphatic carbocycles. The molecule has 0 saturated carbocycles. The Hall–Kier alpha value is -1.90. The quantitative estimate of drug-likeness (QED) is 0.602. The Morgan fingerprint density at radius 2 is 1.84 bits per heavy atom. The van der Waals surface area contributed by atoms with Crippen molar-refractivity contribution in [2.45, 2.75) is 26.2 Å². The maximum Gasteiger partial charge on any atom is 0.159 e. The Morgan fingerprint density at radius 3 is 2.42 bits per heavy atom. The minimum absolute atomic E-state index is 0.734. The first kappa shape index (κ1) is 13.5. The molecule has 0 unspecified atom stereocenters. The minimum atomic E-state index is 0.734. The summed E-state index contributed by atoms with van der Waals surface area (Å²) in [5.74, 6) is 0.734. The van der Waals surface area contributed by atoms with E-state index in [1.165, 1.54) is 18.4 Å². The summed E-state index contributed by atoms with van der Waals surface area (Å²) >= 11 is 4.57. The zero-order valence-corrected chi connectivity index (χ0v) is 11.7. The molecule has 0 N–H and O–H groups in total. The molecule has 0 aliphatic heterocycles. The van der Waals surface area contributed by atoms with Gasteiger partial charge in [0.1, 0.15) is 0 Å². The number of hydrogen-bond donors (Lipinski definition) is 0. The number of unbranched alkanes of at least 4 members (excludes halogenated alkanes) is 1. The number of hydrogen-bond acceptors (Lipinski definition) is 4. The topological polar surface area (TPSA) is 38.1 Å². The molecular formula is C15H15N3S. The summed E-state index contributed by atoms with van der Waals surface area (Å²) in [4.78, 5) is 12.7. The Kier molecular flexibility index (Phi) is 4.90. The van der Waals surface area contributed by atoms with Crippen molar-refractivity contribution in [2.75, 3.05) is 0 Å². The largest absolute Gasteiger partial charge is 0.236 e. The highest BCUT2D eigenvalue weighted by atomic mass is 32.1. The number of thiocarbonyl (C=S) groups is 1. The van der Waals surface area contributed by atoms with Crippen LogP contribution in [0.25, 0.3) is 11.4 Å². The van der Waals surface area contributed by atoms with Crippen LogP contribution in [0.5, 0.6) is 0 Å². The SMILES string of the molecule is CCCCc1cnc(-c2ccc(N=C=S)cc2)nc1. The van der Waals surface area contributed by atoms with Crippen molar-refractivity contribution in [3.05, 3.63) is 42.2 Å². The number of aryl methyl sites for hydroxylation is 1. The van der Waals surface area contributed by atoms with E-state index < -0.39 is 0 Å². The van der Waals surface area contributed by atoms with E-state index >= 15 is 0 Å². The van der Waals surface area contributed by atoms with Gasteiger partial charge in [0.2, 0.25) is 0 Å². The number of benzene rings is 1. The second-order valence-corrected chi connectivity index (χ2v) is 4.45. The molecule has 3 nitrogen and oxygen atoms in total. The van der Waals surface area contributed by atoms with Crippen LogP contribution in [0.15, 0.2) is 41.7 Å². The van der Waals surface area contributed by atoms with Crippen LogP contribution >= 0.6 is 12.2 Å². The van der Waals surface area contributed by atoms with Gasteiger partial charge in [0.05, 0.1) is 10.8 Å². The zero-order valence-electron chi connectivity index (χ0n) is 10.8. The molecule has 19 heavy (non-hydrogen) atoms. The third-order valence-corrected chi connectivity index (χ3v) is 2.92. The van der Waals surface area contributed by atoms with Crippen molar-refractivity contribution in [3.8, 4) is 11.4 Å². The zero-order chi connectivity index (χ0) is 13.5. The lowest BCUT2D eigenvalue weighted by Gasteiger charge is -2.02. The van der Waals surface area contributed by atoms with Crippen molar-refractivity contribution >= 4 is 23.1 Å². The minimum Gasteiger partial charge on any atom is -0.236 e. The number of aromatic nitrogens is 2. The fourth-order valence-electron chi connectivity index (χ4n) is 1.75. The van der Waals surface area contributed by atoms with Gasteiger partial charge in [0.15, 0.2) is 5.82 Å². The molecule has 0 atom stereocenters. The van der Waals surface area contributed by atoms with Gasteiger partial charge in [-0.25, -0.2) is 9.97 Å². The van der Waals surface area contributed by atoms with Gasteiger partial charge < -0.3 is 0 Å². The fraction of sp³-hybridized carbons (Fsp3) is 0.267. The first-order valence-electron chi connectivity index (χ1n) is 6.32. The lowest BCUT2D eigenvalue weighted by molar-refractivity contribution is 0.788.